The molecule has 1 aromatic rings. The van der Waals surface area contributed by atoms with Crippen molar-refractivity contribution in [1.82, 2.24) is 9.80 Å². The van der Waals surface area contributed by atoms with Gasteiger partial charge in [-0.05, 0) is 50.1 Å². The molecule has 1 aromatic carbocycles. The summed E-state index contributed by atoms with van der Waals surface area (Å²) in [5.41, 5.74) is 8.32. The first-order valence-electron chi connectivity index (χ1n) is 7.74. The molecule has 0 bridgehead atoms. The standard InChI is InChI=1S/C16H24N4O/c1-12-9-13(17)4-5-15(12)18-16(21)11-19-7-8-20-6-2-3-14(20)10-19/h4-5,9,14H,2-3,6-8,10-11,17H2,1H3,(H,18,21). The number of hydrogen-bond donors (Lipinski definition) is 2. The third-order valence-corrected chi connectivity index (χ3v) is 4.56. The van der Waals surface area contributed by atoms with Gasteiger partial charge in [0, 0.05) is 37.1 Å². The molecule has 0 aromatic heterocycles. The van der Waals surface area contributed by atoms with Crippen molar-refractivity contribution in [2.24, 2.45) is 0 Å². The number of rotatable bonds is 3. The van der Waals surface area contributed by atoms with Gasteiger partial charge in [0.1, 0.15) is 0 Å². The highest BCUT2D eigenvalue weighted by Gasteiger charge is 2.30. The fraction of sp³-hybridized carbons (Fsp3) is 0.562. The van der Waals surface area contributed by atoms with Crippen molar-refractivity contribution in [2.45, 2.75) is 25.8 Å². The van der Waals surface area contributed by atoms with Gasteiger partial charge in [0.15, 0.2) is 0 Å². The van der Waals surface area contributed by atoms with Crippen LogP contribution in [0.1, 0.15) is 18.4 Å². The third kappa shape index (κ3) is 3.36. The quantitative estimate of drug-likeness (QED) is 0.823. The summed E-state index contributed by atoms with van der Waals surface area (Å²) in [5.74, 6) is 0.0642. The van der Waals surface area contributed by atoms with Crippen LogP contribution in [-0.4, -0.2) is 54.5 Å². The molecule has 21 heavy (non-hydrogen) atoms. The molecule has 2 aliphatic rings. The van der Waals surface area contributed by atoms with Crippen LogP contribution in [0.2, 0.25) is 0 Å². The van der Waals surface area contributed by atoms with Crippen molar-refractivity contribution in [3.63, 3.8) is 0 Å². The molecule has 1 unspecified atom stereocenters. The largest absolute Gasteiger partial charge is 0.399 e. The normalized spacial score (nSPS) is 23.0. The van der Waals surface area contributed by atoms with Gasteiger partial charge in [-0.1, -0.05) is 0 Å². The number of carbonyl (C=O) groups is 1. The monoisotopic (exact) mass is 288 g/mol. The number of nitrogen functional groups attached to an aromatic ring is 1. The van der Waals surface area contributed by atoms with E-state index >= 15 is 0 Å². The molecule has 114 valence electrons. The van der Waals surface area contributed by atoms with Gasteiger partial charge in [-0.3, -0.25) is 14.6 Å². The highest BCUT2D eigenvalue weighted by molar-refractivity contribution is 5.93. The summed E-state index contributed by atoms with van der Waals surface area (Å²) in [6, 6.07) is 6.23. The van der Waals surface area contributed by atoms with E-state index in [1.165, 1.54) is 19.4 Å². The maximum atomic E-state index is 12.2. The lowest BCUT2D eigenvalue weighted by Crippen LogP contribution is -2.51. The number of nitrogens with one attached hydrogen (secondary N) is 1. The van der Waals surface area contributed by atoms with Crippen LogP contribution < -0.4 is 11.1 Å². The summed E-state index contributed by atoms with van der Waals surface area (Å²) < 4.78 is 0. The van der Waals surface area contributed by atoms with Crippen LogP contribution in [0.25, 0.3) is 0 Å². The number of piperazine rings is 1. The van der Waals surface area contributed by atoms with Crippen molar-refractivity contribution in [2.75, 3.05) is 43.8 Å². The van der Waals surface area contributed by atoms with Gasteiger partial charge >= 0.3 is 0 Å². The summed E-state index contributed by atoms with van der Waals surface area (Å²) in [6.07, 6.45) is 2.57. The van der Waals surface area contributed by atoms with Crippen LogP contribution in [0.15, 0.2) is 18.2 Å². The number of fused-ring (bicyclic) bond motifs is 1. The van der Waals surface area contributed by atoms with E-state index in [2.05, 4.69) is 15.1 Å². The van der Waals surface area contributed by atoms with Crippen molar-refractivity contribution < 1.29 is 4.79 Å². The Morgan fingerprint density at radius 1 is 1.38 bits per heavy atom. The number of nitrogens with zero attached hydrogens (tertiary/aromatic N) is 2. The molecule has 1 amide bonds. The maximum absolute atomic E-state index is 12.2. The fourth-order valence-electron chi connectivity index (χ4n) is 3.42. The predicted octanol–water partition coefficient (Wildman–Crippen LogP) is 1.30. The zero-order valence-corrected chi connectivity index (χ0v) is 12.6. The first-order chi connectivity index (χ1) is 10.1. The number of hydrogen-bond acceptors (Lipinski definition) is 4. The van der Waals surface area contributed by atoms with E-state index in [0.717, 1.165) is 36.6 Å². The van der Waals surface area contributed by atoms with Gasteiger partial charge < -0.3 is 11.1 Å². The molecule has 2 fully saturated rings. The zero-order valence-electron chi connectivity index (χ0n) is 12.6. The Labute approximate surface area is 126 Å². The molecule has 5 nitrogen and oxygen atoms in total. The average Bonchev–Trinajstić information content (AvgIpc) is 2.89. The van der Waals surface area contributed by atoms with Crippen molar-refractivity contribution in [3.8, 4) is 0 Å². The number of aryl methyl sites for hydroxylation is 1. The SMILES string of the molecule is Cc1cc(N)ccc1NC(=O)CN1CCN2CCCC2C1. The molecule has 2 saturated heterocycles. The van der Waals surface area contributed by atoms with Gasteiger partial charge in [0.25, 0.3) is 0 Å². The molecule has 0 saturated carbocycles. The Kier molecular flexibility index (Phi) is 4.12. The van der Waals surface area contributed by atoms with E-state index in [4.69, 9.17) is 5.73 Å². The number of amides is 1. The average molecular weight is 288 g/mol. The van der Waals surface area contributed by atoms with Crippen molar-refractivity contribution >= 4 is 17.3 Å². The Morgan fingerprint density at radius 2 is 2.24 bits per heavy atom. The van der Waals surface area contributed by atoms with Gasteiger partial charge in [-0.2, -0.15) is 0 Å². The van der Waals surface area contributed by atoms with Crippen LogP contribution in [0.3, 0.4) is 0 Å². The molecule has 1 atom stereocenters. The van der Waals surface area contributed by atoms with Crippen LogP contribution >= 0.6 is 0 Å². The zero-order chi connectivity index (χ0) is 14.8. The molecule has 2 aliphatic heterocycles. The summed E-state index contributed by atoms with van der Waals surface area (Å²) in [7, 11) is 0. The minimum atomic E-state index is 0.0642. The van der Waals surface area contributed by atoms with E-state index in [1.807, 2.05) is 25.1 Å². The molecule has 3 N–H and O–H groups in total. The molecular weight excluding hydrogens is 264 g/mol. The van der Waals surface area contributed by atoms with E-state index in [1.54, 1.807) is 0 Å². The molecule has 0 radical (unpaired) electrons. The minimum Gasteiger partial charge on any atom is -0.399 e. The number of nitrogens with two attached hydrogens (primary N) is 1. The fourth-order valence-corrected chi connectivity index (χ4v) is 3.42. The van der Waals surface area contributed by atoms with Gasteiger partial charge in [0.2, 0.25) is 5.91 Å². The van der Waals surface area contributed by atoms with E-state index in [-0.39, 0.29) is 5.91 Å². The highest BCUT2D eigenvalue weighted by Crippen LogP contribution is 2.21. The Bertz CT molecular complexity index is 531. The first-order valence-corrected chi connectivity index (χ1v) is 7.74. The number of benzene rings is 1. The molecular formula is C16H24N4O. The summed E-state index contributed by atoms with van der Waals surface area (Å²) in [5, 5.41) is 2.99. The molecule has 0 aliphatic carbocycles. The summed E-state index contributed by atoms with van der Waals surface area (Å²) >= 11 is 0. The van der Waals surface area contributed by atoms with Crippen LogP contribution in [-0.2, 0) is 4.79 Å². The van der Waals surface area contributed by atoms with Crippen LogP contribution in [0, 0.1) is 6.92 Å². The number of carbonyl (C=O) groups excluding carboxylic acids is 1. The minimum absolute atomic E-state index is 0.0642. The lowest BCUT2D eigenvalue weighted by atomic mass is 10.1. The van der Waals surface area contributed by atoms with Crippen LogP contribution in [0.4, 0.5) is 11.4 Å². The first kappa shape index (κ1) is 14.4. The third-order valence-electron chi connectivity index (χ3n) is 4.56. The van der Waals surface area contributed by atoms with Crippen LogP contribution in [0.5, 0.6) is 0 Å². The second-order valence-electron chi connectivity index (χ2n) is 6.19. The summed E-state index contributed by atoms with van der Waals surface area (Å²) in [6.45, 7) is 6.78. The molecule has 5 heteroatoms. The highest BCUT2D eigenvalue weighted by atomic mass is 16.2. The Hall–Kier alpha value is -1.59. The smallest absolute Gasteiger partial charge is 0.238 e. The lowest BCUT2D eigenvalue weighted by Gasteiger charge is -2.37. The topological polar surface area (TPSA) is 61.6 Å². The summed E-state index contributed by atoms with van der Waals surface area (Å²) in [4.78, 5) is 17.0. The Balaban J connectivity index is 1.54. The maximum Gasteiger partial charge on any atom is 0.238 e. The second-order valence-corrected chi connectivity index (χ2v) is 6.19. The van der Waals surface area contributed by atoms with E-state index in [9.17, 15) is 4.79 Å². The molecule has 2 heterocycles. The van der Waals surface area contributed by atoms with Gasteiger partial charge in [-0.25, -0.2) is 0 Å². The molecule has 3 rings (SSSR count). The molecule has 0 spiro atoms. The van der Waals surface area contributed by atoms with Gasteiger partial charge in [0.05, 0.1) is 6.54 Å². The van der Waals surface area contributed by atoms with Gasteiger partial charge in [-0.15, -0.1) is 0 Å². The number of anilines is 2. The van der Waals surface area contributed by atoms with Crippen molar-refractivity contribution in [1.29, 1.82) is 0 Å². The lowest BCUT2D eigenvalue weighted by molar-refractivity contribution is -0.117. The van der Waals surface area contributed by atoms with E-state index in [0.29, 0.717) is 12.6 Å². The van der Waals surface area contributed by atoms with Crippen molar-refractivity contribution in [3.05, 3.63) is 23.8 Å². The second kappa shape index (κ2) is 6.03. The Morgan fingerprint density at radius 3 is 3.05 bits per heavy atom. The van der Waals surface area contributed by atoms with E-state index < -0.39 is 0 Å². The predicted molar refractivity (Wildman–Crippen MR) is 85.3 cm³/mol.